The highest BCUT2D eigenvalue weighted by atomic mass is 35.5. The van der Waals surface area contributed by atoms with E-state index in [0.29, 0.717) is 10.6 Å². The minimum atomic E-state index is -0.906. The number of benzene rings is 1. The molecule has 1 atom stereocenters. The van der Waals surface area contributed by atoms with Gasteiger partial charge in [0.25, 0.3) is 5.91 Å². The number of carbonyl (C=O) groups excluding carboxylic acids is 1. The normalized spacial score (nSPS) is 12.2. The van der Waals surface area contributed by atoms with E-state index in [1.807, 2.05) is 13.8 Å². The summed E-state index contributed by atoms with van der Waals surface area (Å²) in [5, 5.41) is 12.1. The molecule has 0 spiro atoms. The van der Waals surface area contributed by atoms with Gasteiger partial charge in [0, 0.05) is 17.1 Å². The fourth-order valence-corrected chi connectivity index (χ4v) is 1.73. The largest absolute Gasteiger partial charge is 0.481 e. The van der Waals surface area contributed by atoms with Gasteiger partial charge in [-0.1, -0.05) is 31.5 Å². The van der Waals surface area contributed by atoms with Crippen molar-refractivity contribution >= 4 is 23.5 Å². The zero-order valence-electron chi connectivity index (χ0n) is 10.3. The molecule has 18 heavy (non-hydrogen) atoms. The van der Waals surface area contributed by atoms with E-state index < -0.39 is 11.9 Å². The van der Waals surface area contributed by atoms with E-state index in [-0.39, 0.29) is 18.4 Å². The number of carboxylic acids is 1. The van der Waals surface area contributed by atoms with Crippen molar-refractivity contribution in [2.45, 2.75) is 13.8 Å². The molecule has 5 heteroatoms. The number of carboxylic acid groups (broad SMARTS) is 1. The lowest BCUT2D eigenvalue weighted by atomic mass is 9.96. The first-order chi connectivity index (χ1) is 8.41. The molecule has 1 rings (SSSR count). The number of hydrogen-bond acceptors (Lipinski definition) is 2. The summed E-state index contributed by atoms with van der Waals surface area (Å²) in [6.45, 7) is 3.73. The maximum Gasteiger partial charge on any atom is 0.308 e. The van der Waals surface area contributed by atoms with Gasteiger partial charge >= 0.3 is 5.97 Å². The van der Waals surface area contributed by atoms with Gasteiger partial charge in [-0.15, -0.1) is 0 Å². The van der Waals surface area contributed by atoms with Crippen LogP contribution in [0.3, 0.4) is 0 Å². The van der Waals surface area contributed by atoms with Crippen LogP contribution in [0, 0.1) is 11.8 Å². The first-order valence-electron chi connectivity index (χ1n) is 5.68. The number of nitrogens with one attached hydrogen (secondary N) is 1. The first-order valence-corrected chi connectivity index (χ1v) is 6.06. The van der Waals surface area contributed by atoms with Crippen LogP contribution < -0.4 is 5.32 Å². The first kappa shape index (κ1) is 14.5. The van der Waals surface area contributed by atoms with Gasteiger partial charge in [0.05, 0.1) is 5.92 Å². The van der Waals surface area contributed by atoms with Crippen molar-refractivity contribution in [1.29, 1.82) is 0 Å². The molecule has 1 unspecified atom stereocenters. The molecule has 1 aromatic carbocycles. The van der Waals surface area contributed by atoms with Crippen LogP contribution in [0.2, 0.25) is 5.02 Å². The topological polar surface area (TPSA) is 66.4 Å². The van der Waals surface area contributed by atoms with E-state index in [9.17, 15) is 9.59 Å². The number of hydrogen-bond donors (Lipinski definition) is 2. The van der Waals surface area contributed by atoms with E-state index in [1.54, 1.807) is 24.3 Å². The Morgan fingerprint density at radius 3 is 2.56 bits per heavy atom. The minimum Gasteiger partial charge on any atom is -0.481 e. The van der Waals surface area contributed by atoms with Crippen LogP contribution in [0.4, 0.5) is 0 Å². The van der Waals surface area contributed by atoms with E-state index in [2.05, 4.69) is 5.32 Å². The molecular formula is C13H16ClNO3. The number of aliphatic carboxylic acids is 1. The van der Waals surface area contributed by atoms with Crippen LogP contribution in [0.25, 0.3) is 0 Å². The van der Waals surface area contributed by atoms with Gasteiger partial charge < -0.3 is 10.4 Å². The molecule has 98 valence electrons. The van der Waals surface area contributed by atoms with Gasteiger partial charge in [0.15, 0.2) is 0 Å². The molecule has 2 N–H and O–H groups in total. The third-order valence-corrected chi connectivity index (χ3v) is 2.93. The quantitative estimate of drug-likeness (QED) is 0.863. The van der Waals surface area contributed by atoms with E-state index in [0.717, 1.165) is 0 Å². The summed E-state index contributed by atoms with van der Waals surface area (Å²) in [5.41, 5.74) is 0.426. The SMILES string of the molecule is CC(C)C(CNC(=O)c1cccc(Cl)c1)C(=O)O. The predicted octanol–water partition coefficient (Wildman–Crippen LogP) is 2.43. The summed E-state index contributed by atoms with van der Waals surface area (Å²) < 4.78 is 0. The molecule has 0 aliphatic heterocycles. The van der Waals surface area contributed by atoms with Crippen LogP contribution >= 0.6 is 11.6 Å². The molecule has 0 radical (unpaired) electrons. The highest BCUT2D eigenvalue weighted by Crippen LogP contribution is 2.12. The van der Waals surface area contributed by atoms with E-state index in [1.165, 1.54) is 0 Å². The molecular weight excluding hydrogens is 254 g/mol. The Hall–Kier alpha value is -1.55. The zero-order chi connectivity index (χ0) is 13.7. The Labute approximate surface area is 111 Å². The van der Waals surface area contributed by atoms with Crippen molar-refractivity contribution in [3.8, 4) is 0 Å². The van der Waals surface area contributed by atoms with Crippen LogP contribution in [0.1, 0.15) is 24.2 Å². The summed E-state index contributed by atoms with van der Waals surface area (Å²) in [6.07, 6.45) is 0. The molecule has 1 aromatic rings. The monoisotopic (exact) mass is 269 g/mol. The molecule has 0 heterocycles. The smallest absolute Gasteiger partial charge is 0.308 e. The lowest BCUT2D eigenvalue weighted by Crippen LogP contribution is -2.35. The minimum absolute atomic E-state index is 0.0397. The lowest BCUT2D eigenvalue weighted by molar-refractivity contribution is -0.142. The molecule has 4 nitrogen and oxygen atoms in total. The number of halogens is 1. The Morgan fingerprint density at radius 1 is 1.39 bits per heavy atom. The van der Waals surface area contributed by atoms with Gasteiger partial charge in [0.1, 0.15) is 0 Å². The Balaban J connectivity index is 2.63. The Morgan fingerprint density at radius 2 is 2.06 bits per heavy atom. The second-order valence-electron chi connectivity index (χ2n) is 4.41. The molecule has 0 fully saturated rings. The molecule has 0 saturated heterocycles. The Bertz CT molecular complexity index is 446. The van der Waals surface area contributed by atoms with Gasteiger partial charge in [-0.3, -0.25) is 9.59 Å². The van der Waals surface area contributed by atoms with Gasteiger partial charge in [-0.2, -0.15) is 0 Å². The average Bonchev–Trinajstić information content (AvgIpc) is 2.28. The Kier molecular flexibility index (Phi) is 5.16. The predicted molar refractivity (Wildman–Crippen MR) is 69.7 cm³/mol. The molecule has 0 aliphatic carbocycles. The summed E-state index contributed by atoms with van der Waals surface area (Å²) >= 11 is 5.78. The van der Waals surface area contributed by atoms with Gasteiger partial charge in [0.2, 0.25) is 0 Å². The highest BCUT2D eigenvalue weighted by molar-refractivity contribution is 6.30. The maximum atomic E-state index is 11.8. The van der Waals surface area contributed by atoms with Crippen molar-refractivity contribution < 1.29 is 14.7 Å². The van der Waals surface area contributed by atoms with Crippen molar-refractivity contribution in [3.05, 3.63) is 34.9 Å². The van der Waals surface area contributed by atoms with Crippen molar-refractivity contribution in [2.24, 2.45) is 11.8 Å². The number of carbonyl (C=O) groups is 2. The van der Waals surface area contributed by atoms with Gasteiger partial charge in [-0.05, 0) is 24.1 Å². The second-order valence-corrected chi connectivity index (χ2v) is 4.85. The summed E-state index contributed by atoms with van der Waals surface area (Å²) in [4.78, 5) is 22.8. The molecule has 0 saturated carbocycles. The summed E-state index contributed by atoms with van der Waals surface area (Å²) in [6, 6.07) is 6.52. The second kappa shape index (κ2) is 6.40. The van der Waals surface area contributed by atoms with Gasteiger partial charge in [-0.25, -0.2) is 0 Å². The van der Waals surface area contributed by atoms with Crippen LogP contribution in [0.15, 0.2) is 24.3 Å². The molecule has 0 aliphatic rings. The molecule has 0 aromatic heterocycles. The van der Waals surface area contributed by atoms with Crippen molar-refractivity contribution in [1.82, 2.24) is 5.32 Å². The highest BCUT2D eigenvalue weighted by Gasteiger charge is 2.22. The number of rotatable bonds is 5. The van der Waals surface area contributed by atoms with E-state index in [4.69, 9.17) is 16.7 Å². The summed E-state index contributed by atoms with van der Waals surface area (Å²) in [5.74, 6) is -1.85. The summed E-state index contributed by atoms with van der Waals surface area (Å²) in [7, 11) is 0. The lowest BCUT2D eigenvalue weighted by Gasteiger charge is -2.16. The van der Waals surface area contributed by atoms with Crippen LogP contribution in [0.5, 0.6) is 0 Å². The maximum absolute atomic E-state index is 11.8. The number of amides is 1. The third kappa shape index (κ3) is 4.04. The van der Waals surface area contributed by atoms with E-state index >= 15 is 0 Å². The fourth-order valence-electron chi connectivity index (χ4n) is 1.54. The third-order valence-electron chi connectivity index (χ3n) is 2.69. The van der Waals surface area contributed by atoms with Crippen LogP contribution in [-0.2, 0) is 4.79 Å². The van der Waals surface area contributed by atoms with Crippen molar-refractivity contribution in [2.75, 3.05) is 6.54 Å². The fraction of sp³-hybridized carbons (Fsp3) is 0.385. The molecule has 1 amide bonds. The van der Waals surface area contributed by atoms with Crippen molar-refractivity contribution in [3.63, 3.8) is 0 Å². The average molecular weight is 270 g/mol. The van der Waals surface area contributed by atoms with Crippen LogP contribution in [-0.4, -0.2) is 23.5 Å². The molecule has 0 bridgehead atoms. The zero-order valence-corrected chi connectivity index (χ0v) is 11.1. The standard InChI is InChI=1S/C13H16ClNO3/c1-8(2)11(13(17)18)7-15-12(16)9-4-3-5-10(14)6-9/h3-6,8,11H,7H2,1-2H3,(H,15,16)(H,17,18).